The van der Waals surface area contributed by atoms with Gasteiger partial charge >= 0.3 is 5.97 Å². The first-order valence-corrected chi connectivity index (χ1v) is 6.63. The molecule has 0 atom stereocenters. The standard InChI is InChI=1S/C14H15BrO2/c15-13-4-2-1-3-12(13)11-7-5-10(6-8-11)9-14(16)17/h1-4,9,11H,5-8H2,(H,16,17). The smallest absolute Gasteiger partial charge is 0.328 e. The Morgan fingerprint density at radius 1 is 1.29 bits per heavy atom. The first kappa shape index (κ1) is 12.4. The number of carboxylic acid groups (broad SMARTS) is 1. The number of benzene rings is 1. The third kappa shape index (κ3) is 3.19. The van der Waals surface area contributed by atoms with Crippen LogP contribution in [0.2, 0.25) is 0 Å². The van der Waals surface area contributed by atoms with Gasteiger partial charge in [-0.2, -0.15) is 0 Å². The lowest BCUT2D eigenvalue weighted by Crippen LogP contribution is -2.08. The second kappa shape index (κ2) is 5.50. The molecule has 3 heteroatoms. The van der Waals surface area contributed by atoms with Gasteiger partial charge in [-0.3, -0.25) is 0 Å². The zero-order chi connectivity index (χ0) is 12.3. The fourth-order valence-corrected chi connectivity index (χ4v) is 3.03. The molecule has 0 spiro atoms. The highest BCUT2D eigenvalue weighted by molar-refractivity contribution is 9.10. The summed E-state index contributed by atoms with van der Waals surface area (Å²) in [5.74, 6) is -0.268. The number of rotatable bonds is 2. The Bertz CT molecular complexity index is 441. The minimum Gasteiger partial charge on any atom is -0.478 e. The minimum absolute atomic E-state index is 0.552. The average Bonchev–Trinajstić information content (AvgIpc) is 2.30. The molecule has 0 heterocycles. The Morgan fingerprint density at radius 3 is 2.53 bits per heavy atom. The monoisotopic (exact) mass is 294 g/mol. The molecule has 2 nitrogen and oxygen atoms in total. The Hall–Kier alpha value is -1.09. The van der Waals surface area contributed by atoms with Crippen LogP contribution < -0.4 is 0 Å². The summed E-state index contributed by atoms with van der Waals surface area (Å²) in [7, 11) is 0. The number of hydrogen-bond donors (Lipinski definition) is 1. The van der Waals surface area contributed by atoms with Crippen molar-refractivity contribution in [1.82, 2.24) is 0 Å². The largest absolute Gasteiger partial charge is 0.478 e. The van der Waals surface area contributed by atoms with Crippen LogP contribution in [0.4, 0.5) is 0 Å². The van der Waals surface area contributed by atoms with E-state index in [9.17, 15) is 4.79 Å². The van der Waals surface area contributed by atoms with Crippen molar-refractivity contribution in [1.29, 1.82) is 0 Å². The van der Waals surface area contributed by atoms with Crippen molar-refractivity contribution >= 4 is 21.9 Å². The lowest BCUT2D eigenvalue weighted by atomic mass is 9.81. The predicted molar refractivity (Wildman–Crippen MR) is 71.1 cm³/mol. The van der Waals surface area contributed by atoms with E-state index in [0.29, 0.717) is 5.92 Å². The number of carbonyl (C=O) groups is 1. The number of aliphatic carboxylic acids is 1. The van der Waals surface area contributed by atoms with E-state index in [-0.39, 0.29) is 0 Å². The molecule has 1 saturated carbocycles. The van der Waals surface area contributed by atoms with Gasteiger partial charge in [-0.25, -0.2) is 4.79 Å². The topological polar surface area (TPSA) is 37.3 Å². The molecule has 90 valence electrons. The van der Waals surface area contributed by atoms with Crippen LogP contribution in [0.1, 0.15) is 37.2 Å². The van der Waals surface area contributed by atoms with Gasteiger partial charge in [-0.15, -0.1) is 0 Å². The fourth-order valence-electron chi connectivity index (χ4n) is 2.42. The molecule has 0 amide bonds. The zero-order valence-electron chi connectivity index (χ0n) is 9.53. The molecule has 1 aromatic rings. The molecule has 1 aliphatic carbocycles. The zero-order valence-corrected chi connectivity index (χ0v) is 11.1. The van der Waals surface area contributed by atoms with E-state index in [4.69, 9.17) is 5.11 Å². The molecular weight excluding hydrogens is 280 g/mol. The molecular formula is C14H15BrO2. The Labute approximate surface area is 109 Å². The van der Waals surface area contributed by atoms with Gasteiger partial charge in [0, 0.05) is 10.5 Å². The Morgan fingerprint density at radius 2 is 1.94 bits per heavy atom. The normalized spacial score (nSPS) is 20.1. The average molecular weight is 295 g/mol. The van der Waals surface area contributed by atoms with E-state index in [1.165, 1.54) is 11.6 Å². The van der Waals surface area contributed by atoms with Crippen LogP contribution in [0.5, 0.6) is 0 Å². The minimum atomic E-state index is -0.820. The van der Waals surface area contributed by atoms with Crippen molar-refractivity contribution in [3.63, 3.8) is 0 Å². The quantitative estimate of drug-likeness (QED) is 0.833. The summed E-state index contributed by atoms with van der Waals surface area (Å²) in [6.07, 6.45) is 5.26. The summed E-state index contributed by atoms with van der Waals surface area (Å²) in [6.45, 7) is 0. The van der Waals surface area contributed by atoms with E-state index >= 15 is 0 Å². The van der Waals surface area contributed by atoms with Gasteiger partial charge in [-0.05, 0) is 43.2 Å². The van der Waals surface area contributed by atoms with Crippen LogP contribution in [0.25, 0.3) is 0 Å². The summed E-state index contributed by atoms with van der Waals surface area (Å²) in [4.78, 5) is 10.6. The molecule has 0 radical (unpaired) electrons. The summed E-state index contributed by atoms with van der Waals surface area (Å²) >= 11 is 3.58. The summed E-state index contributed by atoms with van der Waals surface area (Å²) in [6, 6.07) is 8.30. The van der Waals surface area contributed by atoms with E-state index in [1.54, 1.807) is 0 Å². The van der Waals surface area contributed by atoms with Gasteiger partial charge in [0.1, 0.15) is 0 Å². The molecule has 1 aromatic carbocycles. The van der Waals surface area contributed by atoms with Gasteiger partial charge in [0.15, 0.2) is 0 Å². The van der Waals surface area contributed by atoms with Crippen LogP contribution in [0.3, 0.4) is 0 Å². The van der Waals surface area contributed by atoms with Gasteiger partial charge in [-0.1, -0.05) is 39.7 Å². The number of hydrogen-bond acceptors (Lipinski definition) is 1. The van der Waals surface area contributed by atoms with Gasteiger partial charge in [0.25, 0.3) is 0 Å². The van der Waals surface area contributed by atoms with E-state index < -0.39 is 5.97 Å². The first-order valence-electron chi connectivity index (χ1n) is 5.83. The van der Waals surface area contributed by atoms with E-state index in [2.05, 4.69) is 34.1 Å². The van der Waals surface area contributed by atoms with Crippen LogP contribution >= 0.6 is 15.9 Å². The van der Waals surface area contributed by atoms with Crippen molar-refractivity contribution in [2.75, 3.05) is 0 Å². The number of carboxylic acids is 1. The van der Waals surface area contributed by atoms with Crippen LogP contribution in [0.15, 0.2) is 40.4 Å². The van der Waals surface area contributed by atoms with E-state index in [1.807, 2.05) is 6.07 Å². The summed E-state index contributed by atoms with van der Waals surface area (Å²) in [5, 5.41) is 8.71. The molecule has 0 saturated heterocycles. The molecule has 1 fully saturated rings. The van der Waals surface area contributed by atoms with Crippen LogP contribution in [-0.2, 0) is 4.79 Å². The Balaban J connectivity index is 2.05. The molecule has 0 bridgehead atoms. The third-order valence-electron chi connectivity index (χ3n) is 3.30. The maximum atomic E-state index is 10.6. The van der Waals surface area contributed by atoms with E-state index in [0.717, 1.165) is 35.7 Å². The Kier molecular flexibility index (Phi) is 4.00. The van der Waals surface area contributed by atoms with Crippen LogP contribution in [0, 0.1) is 0 Å². The highest BCUT2D eigenvalue weighted by Crippen LogP contribution is 2.38. The number of halogens is 1. The van der Waals surface area contributed by atoms with Crippen molar-refractivity contribution in [3.8, 4) is 0 Å². The van der Waals surface area contributed by atoms with Gasteiger partial charge in [0.2, 0.25) is 0 Å². The van der Waals surface area contributed by atoms with Crippen molar-refractivity contribution in [3.05, 3.63) is 46.0 Å². The van der Waals surface area contributed by atoms with Gasteiger partial charge < -0.3 is 5.11 Å². The lowest BCUT2D eigenvalue weighted by molar-refractivity contribution is -0.131. The molecule has 0 aliphatic heterocycles. The van der Waals surface area contributed by atoms with Crippen molar-refractivity contribution in [2.45, 2.75) is 31.6 Å². The molecule has 1 N–H and O–H groups in total. The number of allylic oxidation sites excluding steroid dienone is 1. The van der Waals surface area contributed by atoms with Crippen molar-refractivity contribution < 1.29 is 9.90 Å². The molecule has 1 aliphatic rings. The third-order valence-corrected chi connectivity index (χ3v) is 4.02. The first-order chi connectivity index (χ1) is 8.16. The van der Waals surface area contributed by atoms with Gasteiger partial charge in [0.05, 0.1) is 0 Å². The fraction of sp³-hybridized carbons (Fsp3) is 0.357. The molecule has 0 aromatic heterocycles. The predicted octanol–water partition coefficient (Wildman–Crippen LogP) is 4.12. The van der Waals surface area contributed by atoms with Crippen molar-refractivity contribution in [2.24, 2.45) is 0 Å². The van der Waals surface area contributed by atoms with Crippen LogP contribution in [-0.4, -0.2) is 11.1 Å². The lowest BCUT2D eigenvalue weighted by Gasteiger charge is -2.24. The molecule has 17 heavy (non-hydrogen) atoms. The molecule has 0 unspecified atom stereocenters. The highest BCUT2D eigenvalue weighted by Gasteiger charge is 2.20. The summed E-state index contributed by atoms with van der Waals surface area (Å²) in [5.41, 5.74) is 2.42. The second-order valence-corrected chi connectivity index (χ2v) is 5.29. The SMILES string of the molecule is O=C(O)C=C1CCC(c2ccccc2Br)CC1. The molecule has 2 rings (SSSR count). The highest BCUT2D eigenvalue weighted by atomic mass is 79.9. The second-order valence-electron chi connectivity index (χ2n) is 4.44. The maximum absolute atomic E-state index is 10.6. The summed E-state index contributed by atoms with van der Waals surface area (Å²) < 4.78 is 1.16. The maximum Gasteiger partial charge on any atom is 0.328 e.